The van der Waals surface area contributed by atoms with Gasteiger partial charge in [-0.3, -0.25) is 13.9 Å². The van der Waals surface area contributed by atoms with Gasteiger partial charge in [0.15, 0.2) is 5.88 Å². The van der Waals surface area contributed by atoms with Gasteiger partial charge in [-0.2, -0.15) is 0 Å². The van der Waals surface area contributed by atoms with E-state index in [4.69, 9.17) is 10.7 Å². The van der Waals surface area contributed by atoms with Gasteiger partial charge < -0.3 is 15.7 Å². The summed E-state index contributed by atoms with van der Waals surface area (Å²) in [5, 5.41) is 12.0. The van der Waals surface area contributed by atoms with Crippen LogP contribution in [0.25, 0.3) is 21.9 Å². The molecule has 3 aromatic heterocycles. The fraction of sp³-hybridized carbons (Fsp3) is 0.385. The highest BCUT2D eigenvalue weighted by Gasteiger charge is 2.26. The maximum atomic E-state index is 13.8. The van der Waals surface area contributed by atoms with Gasteiger partial charge in [0.1, 0.15) is 16.9 Å². The van der Waals surface area contributed by atoms with Crippen molar-refractivity contribution >= 4 is 27.9 Å². The van der Waals surface area contributed by atoms with Gasteiger partial charge in [0, 0.05) is 35.8 Å². The van der Waals surface area contributed by atoms with E-state index < -0.39 is 0 Å². The van der Waals surface area contributed by atoms with Crippen LogP contribution in [0.3, 0.4) is 0 Å². The van der Waals surface area contributed by atoms with Gasteiger partial charge in [0.2, 0.25) is 5.95 Å². The van der Waals surface area contributed by atoms with E-state index in [0.29, 0.717) is 41.5 Å². The van der Waals surface area contributed by atoms with Crippen LogP contribution in [0.1, 0.15) is 36.8 Å². The van der Waals surface area contributed by atoms with Crippen LogP contribution in [0.4, 0.5) is 5.95 Å². The molecule has 0 bridgehead atoms. The molecule has 1 atom stereocenters. The molecule has 0 aliphatic carbocycles. The van der Waals surface area contributed by atoms with Crippen molar-refractivity contribution in [1.29, 1.82) is 0 Å². The average molecular weight is 472 g/mol. The van der Waals surface area contributed by atoms with E-state index in [-0.39, 0.29) is 24.0 Å². The number of rotatable bonds is 4. The summed E-state index contributed by atoms with van der Waals surface area (Å²) in [6.07, 6.45) is 1.92. The second-order valence-corrected chi connectivity index (χ2v) is 9.05. The predicted octanol–water partition coefficient (Wildman–Crippen LogP) is 2.46. The summed E-state index contributed by atoms with van der Waals surface area (Å²) in [6.45, 7) is 7.28. The Labute approximate surface area is 203 Å². The van der Waals surface area contributed by atoms with Crippen molar-refractivity contribution in [2.45, 2.75) is 52.7 Å². The van der Waals surface area contributed by atoms with Crippen molar-refractivity contribution in [2.75, 3.05) is 18.0 Å². The minimum atomic E-state index is -0.351. The summed E-state index contributed by atoms with van der Waals surface area (Å²) in [5.41, 5.74) is 8.92. The number of hydrogen-bond acceptors (Lipinski definition) is 7. The van der Waals surface area contributed by atoms with Gasteiger partial charge in [-0.05, 0) is 39.7 Å². The number of aromatic nitrogens is 5. The lowest BCUT2D eigenvalue weighted by Crippen LogP contribution is -2.44. The number of imidazole rings is 1. The Bertz CT molecular complexity index is 1560. The van der Waals surface area contributed by atoms with Gasteiger partial charge in [0.25, 0.3) is 5.56 Å². The molecule has 35 heavy (non-hydrogen) atoms. The first kappa shape index (κ1) is 22.9. The molecule has 0 radical (unpaired) electrons. The molecular weight excluding hydrogens is 442 g/mol. The molecule has 0 saturated carbocycles. The summed E-state index contributed by atoms with van der Waals surface area (Å²) >= 11 is 0. The number of para-hydroxylation sites is 1. The zero-order valence-corrected chi connectivity index (χ0v) is 20.2. The zero-order valence-electron chi connectivity index (χ0n) is 20.2. The lowest BCUT2D eigenvalue weighted by Gasteiger charge is -2.31. The quantitative estimate of drug-likeness (QED) is 0.439. The molecule has 0 spiro atoms. The third-order valence-electron chi connectivity index (χ3n) is 6.64. The van der Waals surface area contributed by atoms with Crippen LogP contribution >= 0.6 is 0 Å². The number of aromatic hydroxyl groups is 1. The average Bonchev–Trinajstić information content (AvgIpc) is 3.24. The lowest BCUT2D eigenvalue weighted by molar-refractivity contribution is 0.410. The van der Waals surface area contributed by atoms with Gasteiger partial charge in [-0.1, -0.05) is 24.1 Å². The summed E-state index contributed by atoms with van der Waals surface area (Å²) in [6, 6.07) is 7.79. The van der Waals surface area contributed by atoms with Crippen molar-refractivity contribution in [3.8, 4) is 17.7 Å². The number of nitrogens with two attached hydrogens (primary N) is 1. The Hall–Kier alpha value is -3.90. The van der Waals surface area contributed by atoms with E-state index in [1.54, 1.807) is 13.8 Å². The fourth-order valence-electron chi connectivity index (χ4n) is 4.85. The molecule has 9 nitrogen and oxygen atoms in total. The molecule has 1 saturated heterocycles. The smallest absolute Gasteiger partial charge is 0.280 e. The first-order valence-corrected chi connectivity index (χ1v) is 11.8. The highest BCUT2D eigenvalue weighted by atomic mass is 16.3. The summed E-state index contributed by atoms with van der Waals surface area (Å²) < 4.78 is 3.17. The molecule has 4 heterocycles. The SMILES string of the molecule is CC#CCn1c(N2CCC[C@@H](N)C2)nc2c(C)c(O)n(Cc3nc(C)c4ccccc4n3)c(=O)c21. The number of benzene rings is 1. The maximum Gasteiger partial charge on any atom is 0.280 e. The Balaban J connectivity index is 1.68. The number of piperidine rings is 1. The summed E-state index contributed by atoms with van der Waals surface area (Å²) in [4.78, 5) is 29.9. The molecule has 0 amide bonds. The number of fused-ring (bicyclic) bond motifs is 2. The number of hydrogen-bond donors (Lipinski definition) is 2. The van der Waals surface area contributed by atoms with Gasteiger partial charge >= 0.3 is 0 Å². The molecule has 5 rings (SSSR count). The first-order valence-electron chi connectivity index (χ1n) is 11.8. The van der Waals surface area contributed by atoms with Crippen LogP contribution in [0.15, 0.2) is 29.1 Å². The second kappa shape index (κ2) is 9.04. The van der Waals surface area contributed by atoms with Crippen LogP contribution in [-0.2, 0) is 13.1 Å². The van der Waals surface area contributed by atoms with E-state index in [0.717, 1.165) is 36.0 Å². The largest absolute Gasteiger partial charge is 0.494 e. The van der Waals surface area contributed by atoms with Gasteiger partial charge in [-0.15, -0.1) is 5.92 Å². The van der Waals surface area contributed by atoms with E-state index in [2.05, 4.69) is 26.7 Å². The Kier molecular flexibility index (Phi) is 5.91. The molecule has 1 fully saturated rings. The third-order valence-corrected chi connectivity index (χ3v) is 6.64. The number of nitrogens with zero attached hydrogens (tertiary/aromatic N) is 6. The highest BCUT2D eigenvalue weighted by Crippen LogP contribution is 2.29. The minimum Gasteiger partial charge on any atom is -0.494 e. The molecule has 180 valence electrons. The lowest BCUT2D eigenvalue weighted by atomic mass is 10.1. The van der Waals surface area contributed by atoms with E-state index in [1.807, 2.05) is 35.8 Å². The molecule has 0 unspecified atom stereocenters. The summed E-state index contributed by atoms with van der Waals surface area (Å²) in [5.74, 6) is 6.97. The van der Waals surface area contributed by atoms with Crippen molar-refractivity contribution < 1.29 is 5.11 Å². The van der Waals surface area contributed by atoms with Crippen molar-refractivity contribution in [2.24, 2.45) is 5.73 Å². The fourth-order valence-corrected chi connectivity index (χ4v) is 4.85. The normalized spacial score (nSPS) is 16.0. The topological polar surface area (TPSA) is 115 Å². The highest BCUT2D eigenvalue weighted by molar-refractivity contribution is 5.83. The van der Waals surface area contributed by atoms with Crippen LogP contribution in [0.5, 0.6) is 5.88 Å². The molecule has 3 N–H and O–H groups in total. The Morgan fingerprint density at radius 1 is 1.17 bits per heavy atom. The second-order valence-electron chi connectivity index (χ2n) is 9.05. The number of pyridine rings is 1. The van der Waals surface area contributed by atoms with Crippen molar-refractivity contribution in [3.63, 3.8) is 0 Å². The number of aryl methyl sites for hydroxylation is 2. The zero-order chi connectivity index (χ0) is 24.7. The van der Waals surface area contributed by atoms with Gasteiger partial charge in [-0.25, -0.2) is 15.0 Å². The van der Waals surface area contributed by atoms with Crippen molar-refractivity contribution in [3.05, 3.63) is 51.7 Å². The molecule has 1 aromatic carbocycles. The molecule has 1 aliphatic rings. The molecule has 9 heteroatoms. The first-order chi connectivity index (χ1) is 16.9. The van der Waals surface area contributed by atoms with Crippen LogP contribution in [0.2, 0.25) is 0 Å². The van der Waals surface area contributed by atoms with E-state index in [1.165, 1.54) is 4.57 Å². The standard InChI is InChI=1S/C26H29N7O2/c1-4-5-13-32-23-22(30-26(32)31-12-8-9-18(27)14-31)16(2)24(34)33(25(23)35)15-21-28-17(3)19-10-6-7-11-20(19)29-21/h6-7,10-11,18,34H,8-9,12-15,27H2,1-3H3/t18-/m1/s1. The molecular formula is C26H29N7O2. The maximum absolute atomic E-state index is 13.8. The van der Waals surface area contributed by atoms with Gasteiger partial charge in [0.05, 0.1) is 18.6 Å². The minimum absolute atomic E-state index is 0.0433. The van der Waals surface area contributed by atoms with Crippen LogP contribution < -0.4 is 16.2 Å². The van der Waals surface area contributed by atoms with E-state index in [9.17, 15) is 9.90 Å². The van der Waals surface area contributed by atoms with E-state index >= 15 is 0 Å². The summed E-state index contributed by atoms with van der Waals surface area (Å²) in [7, 11) is 0. The van der Waals surface area contributed by atoms with Crippen molar-refractivity contribution in [1.82, 2.24) is 24.1 Å². The molecule has 4 aromatic rings. The third kappa shape index (κ3) is 4.00. The monoisotopic (exact) mass is 471 g/mol. The molecule has 1 aliphatic heterocycles. The Morgan fingerprint density at radius 2 is 1.97 bits per heavy atom. The van der Waals surface area contributed by atoms with Crippen LogP contribution in [0, 0.1) is 25.7 Å². The van der Waals surface area contributed by atoms with Crippen LogP contribution in [-0.4, -0.2) is 48.3 Å². The predicted molar refractivity (Wildman–Crippen MR) is 137 cm³/mol. The number of anilines is 1. The Morgan fingerprint density at radius 3 is 2.74 bits per heavy atom.